The average molecular weight is 655 g/mol. The number of anilines is 1. The Balaban J connectivity index is 2.15. The maximum atomic E-state index is 14.2. The Labute approximate surface area is 262 Å². The third-order valence-corrected chi connectivity index (χ3v) is 9.07. The molecule has 1 N–H and O–H groups in total. The lowest BCUT2D eigenvalue weighted by atomic mass is 10.1. The fourth-order valence-corrected chi connectivity index (χ4v) is 6.22. The number of aryl methyl sites for hydroxylation is 1. The second-order valence-electron chi connectivity index (χ2n) is 10.8. The summed E-state index contributed by atoms with van der Waals surface area (Å²) in [5.41, 5.74) is 0.745. The van der Waals surface area contributed by atoms with Gasteiger partial charge in [0, 0.05) is 32.7 Å². The highest BCUT2D eigenvalue weighted by atomic mass is 35.5. The van der Waals surface area contributed by atoms with Crippen LogP contribution in [0.4, 0.5) is 5.69 Å². The first-order valence-electron chi connectivity index (χ1n) is 13.0. The molecule has 1 atom stereocenters. The molecule has 3 rings (SSSR count). The monoisotopic (exact) mass is 653 g/mol. The summed E-state index contributed by atoms with van der Waals surface area (Å²) < 4.78 is 34.5. The number of sulfonamides is 1. The SMILES string of the molecule is COc1ccc(Cl)cc1N(CC(=O)N(Cc1c(Cl)cccc1Cl)C(C)C(=O)NC(C)(C)C)S(=O)(=O)c1ccc(C)cc1. The summed E-state index contributed by atoms with van der Waals surface area (Å²) in [7, 11) is -2.93. The first-order chi connectivity index (χ1) is 19.5. The smallest absolute Gasteiger partial charge is 0.264 e. The zero-order chi connectivity index (χ0) is 31.4. The van der Waals surface area contributed by atoms with E-state index in [1.807, 2.05) is 27.7 Å². The van der Waals surface area contributed by atoms with E-state index in [1.165, 1.54) is 36.3 Å². The van der Waals surface area contributed by atoms with Gasteiger partial charge in [-0.2, -0.15) is 0 Å². The van der Waals surface area contributed by atoms with Crippen molar-refractivity contribution in [2.45, 2.75) is 57.6 Å². The van der Waals surface area contributed by atoms with E-state index < -0.39 is 40.0 Å². The molecule has 8 nitrogen and oxygen atoms in total. The molecule has 0 radical (unpaired) electrons. The van der Waals surface area contributed by atoms with Crippen LogP contribution in [0.3, 0.4) is 0 Å². The van der Waals surface area contributed by atoms with Gasteiger partial charge in [0.2, 0.25) is 11.8 Å². The molecule has 0 fully saturated rings. The van der Waals surface area contributed by atoms with E-state index in [2.05, 4.69) is 5.32 Å². The minimum absolute atomic E-state index is 0.0397. The Morgan fingerprint density at radius 2 is 1.57 bits per heavy atom. The van der Waals surface area contributed by atoms with Crippen LogP contribution in [-0.4, -0.2) is 50.4 Å². The second-order valence-corrected chi connectivity index (χ2v) is 13.9. The number of benzene rings is 3. The molecule has 3 aromatic carbocycles. The lowest BCUT2D eigenvalue weighted by molar-refractivity contribution is -0.140. The third-order valence-electron chi connectivity index (χ3n) is 6.35. The van der Waals surface area contributed by atoms with Gasteiger partial charge in [-0.3, -0.25) is 13.9 Å². The molecule has 42 heavy (non-hydrogen) atoms. The van der Waals surface area contributed by atoms with E-state index >= 15 is 0 Å². The van der Waals surface area contributed by atoms with Gasteiger partial charge in [-0.1, -0.05) is 58.6 Å². The van der Waals surface area contributed by atoms with Crippen molar-refractivity contribution in [2.75, 3.05) is 18.0 Å². The van der Waals surface area contributed by atoms with E-state index in [1.54, 1.807) is 43.3 Å². The number of hydrogen-bond donors (Lipinski definition) is 1. The van der Waals surface area contributed by atoms with Gasteiger partial charge < -0.3 is 15.0 Å². The molecule has 0 aliphatic carbocycles. The van der Waals surface area contributed by atoms with Crippen LogP contribution in [0.25, 0.3) is 0 Å². The predicted octanol–water partition coefficient (Wildman–Crippen LogP) is 6.49. The van der Waals surface area contributed by atoms with Crippen LogP contribution in [0.2, 0.25) is 15.1 Å². The number of ether oxygens (including phenoxy) is 1. The van der Waals surface area contributed by atoms with Gasteiger partial charge in [0.1, 0.15) is 18.3 Å². The van der Waals surface area contributed by atoms with Crippen LogP contribution in [-0.2, 0) is 26.2 Å². The number of nitrogens with zero attached hydrogens (tertiary/aromatic N) is 2. The minimum Gasteiger partial charge on any atom is -0.495 e. The predicted molar refractivity (Wildman–Crippen MR) is 168 cm³/mol. The Bertz CT molecular complexity index is 1540. The van der Waals surface area contributed by atoms with Gasteiger partial charge in [0.25, 0.3) is 10.0 Å². The molecule has 3 aromatic rings. The zero-order valence-corrected chi connectivity index (χ0v) is 27.3. The van der Waals surface area contributed by atoms with Crippen molar-refractivity contribution < 1.29 is 22.7 Å². The van der Waals surface area contributed by atoms with Crippen molar-refractivity contribution in [3.8, 4) is 5.75 Å². The normalized spacial score (nSPS) is 12.4. The van der Waals surface area contributed by atoms with Gasteiger partial charge in [0.05, 0.1) is 17.7 Å². The highest BCUT2D eigenvalue weighted by molar-refractivity contribution is 7.92. The number of methoxy groups -OCH3 is 1. The fraction of sp³-hybridized carbons (Fsp3) is 0.333. The van der Waals surface area contributed by atoms with Gasteiger partial charge in [-0.25, -0.2) is 8.42 Å². The molecule has 0 aliphatic rings. The first-order valence-corrected chi connectivity index (χ1v) is 15.6. The average Bonchev–Trinajstić information content (AvgIpc) is 2.90. The molecule has 0 bridgehead atoms. The Kier molecular flexibility index (Phi) is 10.8. The van der Waals surface area contributed by atoms with E-state index in [4.69, 9.17) is 39.5 Å². The van der Waals surface area contributed by atoms with Crippen molar-refractivity contribution in [2.24, 2.45) is 0 Å². The fourth-order valence-electron chi connectivity index (χ4n) is 4.12. The second kappa shape index (κ2) is 13.5. The standard InChI is InChI=1S/C30H34Cl3N3O5S/c1-19-10-13-22(14-11-19)42(39,40)36(26-16-21(31)12-15-27(26)41-6)18-28(37)35(20(2)29(38)34-30(3,4)5)17-23-24(32)8-7-9-25(23)33/h7-16,20H,17-18H2,1-6H3,(H,34,38). The lowest BCUT2D eigenvalue weighted by Crippen LogP contribution is -2.54. The summed E-state index contributed by atoms with van der Waals surface area (Å²) in [5, 5.41) is 3.70. The summed E-state index contributed by atoms with van der Waals surface area (Å²) in [6, 6.07) is 14.6. The van der Waals surface area contributed by atoms with Gasteiger partial charge in [-0.15, -0.1) is 0 Å². The maximum Gasteiger partial charge on any atom is 0.264 e. The van der Waals surface area contributed by atoms with Crippen LogP contribution < -0.4 is 14.4 Å². The number of rotatable bonds is 10. The van der Waals surface area contributed by atoms with Crippen LogP contribution in [0, 0.1) is 6.92 Å². The maximum absolute atomic E-state index is 14.2. The summed E-state index contributed by atoms with van der Waals surface area (Å²) >= 11 is 19.1. The Morgan fingerprint density at radius 3 is 2.12 bits per heavy atom. The highest BCUT2D eigenvalue weighted by Gasteiger charge is 2.35. The van der Waals surface area contributed by atoms with Gasteiger partial charge >= 0.3 is 0 Å². The molecule has 0 saturated carbocycles. The number of amides is 2. The summed E-state index contributed by atoms with van der Waals surface area (Å²) in [6.45, 7) is 8.01. The van der Waals surface area contributed by atoms with Crippen LogP contribution in [0.5, 0.6) is 5.75 Å². The number of carbonyl (C=O) groups is 2. The van der Waals surface area contributed by atoms with Gasteiger partial charge in [-0.05, 0) is 77.1 Å². The molecule has 2 amide bonds. The van der Waals surface area contributed by atoms with Crippen LogP contribution in [0.1, 0.15) is 38.8 Å². The van der Waals surface area contributed by atoms with Crippen LogP contribution >= 0.6 is 34.8 Å². The van der Waals surface area contributed by atoms with Crippen molar-refractivity contribution >= 4 is 62.3 Å². The van der Waals surface area contributed by atoms with E-state index in [0.29, 0.717) is 15.6 Å². The van der Waals surface area contributed by atoms with Crippen molar-refractivity contribution in [3.05, 3.63) is 86.9 Å². The van der Waals surface area contributed by atoms with Crippen LogP contribution in [0.15, 0.2) is 65.6 Å². The largest absolute Gasteiger partial charge is 0.495 e. The molecule has 0 saturated heterocycles. The topological polar surface area (TPSA) is 96.0 Å². The van der Waals surface area contributed by atoms with Crippen molar-refractivity contribution in [1.29, 1.82) is 0 Å². The molecule has 0 heterocycles. The lowest BCUT2D eigenvalue weighted by Gasteiger charge is -2.34. The minimum atomic E-state index is -4.32. The number of hydrogen-bond acceptors (Lipinski definition) is 5. The van der Waals surface area contributed by atoms with Crippen molar-refractivity contribution in [1.82, 2.24) is 10.2 Å². The van der Waals surface area contributed by atoms with Gasteiger partial charge in [0.15, 0.2) is 0 Å². The summed E-state index contributed by atoms with van der Waals surface area (Å²) in [4.78, 5) is 28.7. The first kappa shape index (κ1) is 33.5. The molecular formula is C30H34Cl3N3O5S. The number of carbonyl (C=O) groups excluding carboxylic acids is 2. The molecule has 226 valence electrons. The van der Waals surface area contributed by atoms with E-state index in [0.717, 1.165) is 9.87 Å². The molecule has 0 aromatic heterocycles. The number of nitrogens with one attached hydrogen (secondary N) is 1. The quantitative estimate of drug-likeness (QED) is 0.270. The Morgan fingerprint density at radius 1 is 0.976 bits per heavy atom. The zero-order valence-electron chi connectivity index (χ0n) is 24.2. The molecule has 1 unspecified atom stereocenters. The van der Waals surface area contributed by atoms with Crippen molar-refractivity contribution in [3.63, 3.8) is 0 Å². The van der Waals surface area contributed by atoms with E-state index in [9.17, 15) is 18.0 Å². The van der Waals surface area contributed by atoms with E-state index in [-0.39, 0.29) is 27.9 Å². The number of halogens is 3. The molecule has 12 heteroatoms. The molecule has 0 spiro atoms. The third kappa shape index (κ3) is 8.10. The summed E-state index contributed by atoms with van der Waals surface area (Å²) in [6.07, 6.45) is 0. The molecule has 0 aliphatic heterocycles. The molecular weight excluding hydrogens is 621 g/mol. The Hall–Kier alpha value is -2.98. The summed E-state index contributed by atoms with van der Waals surface area (Å²) in [5.74, 6) is -0.935. The highest BCUT2D eigenvalue weighted by Crippen LogP contribution is 2.35.